The van der Waals surface area contributed by atoms with Gasteiger partial charge < -0.3 is 5.32 Å². The van der Waals surface area contributed by atoms with Crippen LogP contribution in [0.5, 0.6) is 0 Å². The van der Waals surface area contributed by atoms with Crippen LogP contribution in [0.1, 0.15) is 12.8 Å². The van der Waals surface area contributed by atoms with Crippen molar-refractivity contribution in [2.45, 2.75) is 17.7 Å². The smallest absolute Gasteiger partial charge is 0.270 e. The van der Waals surface area contributed by atoms with E-state index in [0.29, 0.717) is 23.6 Å². The molecule has 0 unspecified atom stereocenters. The lowest BCUT2D eigenvalue weighted by atomic mass is 9.97. The van der Waals surface area contributed by atoms with Crippen LogP contribution in [0.25, 0.3) is 0 Å². The average Bonchev–Trinajstić information content (AvgIpc) is 2.68. The highest BCUT2D eigenvalue weighted by molar-refractivity contribution is 7.89. The molecule has 0 aliphatic carbocycles. The van der Waals surface area contributed by atoms with Gasteiger partial charge in [-0.2, -0.15) is 4.31 Å². The minimum absolute atomic E-state index is 0.0866. The molecule has 0 radical (unpaired) electrons. The maximum absolute atomic E-state index is 12.9. The Hall–Kier alpha value is -2.20. The first kappa shape index (κ1) is 21.5. The number of nitrogens with one attached hydrogen (secondary N) is 1. The summed E-state index contributed by atoms with van der Waals surface area (Å²) < 4.78 is 27.0. The molecule has 1 aliphatic rings. The Kier molecular flexibility index (Phi) is 6.42. The fourth-order valence-electron chi connectivity index (χ4n) is 3.11. The minimum Gasteiger partial charge on any atom is -0.326 e. The van der Waals surface area contributed by atoms with E-state index in [1.165, 1.54) is 10.4 Å². The van der Waals surface area contributed by atoms with Gasteiger partial charge in [-0.1, -0.05) is 29.3 Å². The molecule has 8 nitrogen and oxygen atoms in total. The molecular formula is C18H17Cl2N3O5S. The molecule has 0 aromatic heterocycles. The quantitative estimate of drug-likeness (QED) is 0.539. The van der Waals surface area contributed by atoms with Gasteiger partial charge in [0.25, 0.3) is 5.69 Å². The van der Waals surface area contributed by atoms with E-state index in [-0.39, 0.29) is 40.5 Å². The standard InChI is InChI=1S/C18H17Cl2N3O5S/c19-13-2-1-3-14(10-13)21-18(24)12-6-8-22(9-7-12)29(27,28)17-11-15(23(25)26)4-5-16(17)20/h1-5,10-12H,6-9H2,(H,21,24). The van der Waals surface area contributed by atoms with Crippen LogP contribution in [0.2, 0.25) is 10.0 Å². The SMILES string of the molecule is O=C(Nc1cccc(Cl)c1)C1CCN(S(=O)(=O)c2cc([N+](=O)[O-])ccc2Cl)CC1. The topological polar surface area (TPSA) is 110 Å². The van der Waals surface area contributed by atoms with Crippen LogP contribution in [0, 0.1) is 16.0 Å². The molecule has 29 heavy (non-hydrogen) atoms. The van der Waals surface area contributed by atoms with E-state index in [4.69, 9.17) is 23.2 Å². The minimum atomic E-state index is -4.01. The molecule has 0 spiro atoms. The van der Waals surface area contributed by atoms with Crippen LogP contribution in [0.15, 0.2) is 47.4 Å². The molecular weight excluding hydrogens is 441 g/mol. The molecule has 2 aromatic carbocycles. The van der Waals surface area contributed by atoms with E-state index in [2.05, 4.69) is 5.32 Å². The number of carbonyl (C=O) groups excluding carboxylic acids is 1. The van der Waals surface area contributed by atoms with Crippen molar-refractivity contribution in [2.75, 3.05) is 18.4 Å². The van der Waals surface area contributed by atoms with Gasteiger partial charge in [0.2, 0.25) is 15.9 Å². The molecule has 0 saturated carbocycles. The number of halogens is 2. The Morgan fingerprint density at radius 1 is 1.14 bits per heavy atom. The fourth-order valence-corrected chi connectivity index (χ4v) is 5.27. The number of sulfonamides is 1. The number of carbonyl (C=O) groups is 1. The van der Waals surface area contributed by atoms with Gasteiger partial charge in [0, 0.05) is 41.9 Å². The van der Waals surface area contributed by atoms with Crippen molar-refractivity contribution >= 4 is 50.5 Å². The molecule has 154 valence electrons. The monoisotopic (exact) mass is 457 g/mol. The van der Waals surface area contributed by atoms with E-state index in [1.54, 1.807) is 24.3 Å². The largest absolute Gasteiger partial charge is 0.326 e. The number of rotatable bonds is 5. The van der Waals surface area contributed by atoms with Gasteiger partial charge in [-0.25, -0.2) is 8.42 Å². The van der Waals surface area contributed by atoms with Crippen molar-refractivity contribution in [1.29, 1.82) is 0 Å². The molecule has 1 heterocycles. The van der Waals surface area contributed by atoms with Gasteiger partial charge in [0.05, 0.1) is 9.95 Å². The first-order chi connectivity index (χ1) is 13.7. The van der Waals surface area contributed by atoms with Crippen molar-refractivity contribution in [3.8, 4) is 0 Å². The third kappa shape index (κ3) is 4.87. The average molecular weight is 458 g/mol. The van der Waals surface area contributed by atoms with Gasteiger partial charge in [-0.3, -0.25) is 14.9 Å². The number of hydrogen-bond donors (Lipinski definition) is 1. The predicted molar refractivity (Wildman–Crippen MR) is 110 cm³/mol. The lowest BCUT2D eigenvalue weighted by Gasteiger charge is -2.30. The molecule has 3 rings (SSSR count). The number of nitrogens with zero attached hydrogens (tertiary/aromatic N) is 2. The Morgan fingerprint density at radius 2 is 1.83 bits per heavy atom. The summed E-state index contributed by atoms with van der Waals surface area (Å²) in [5.74, 6) is -0.571. The molecule has 0 atom stereocenters. The second-order valence-electron chi connectivity index (χ2n) is 6.55. The lowest BCUT2D eigenvalue weighted by molar-refractivity contribution is -0.385. The number of non-ortho nitro benzene ring substituents is 1. The maximum Gasteiger partial charge on any atom is 0.270 e. The third-order valence-electron chi connectivity index (χ3n) is 4.66. The molecule has 1 fully saturated rings. The lowest BCUT2D eigenvalue weighted by Crippen LogP contribution is -2.41. The van der Waals surface area contributed by atoms with Crippen LogP contribution in [-0.2, 0) is 14.8 Å². The van der Waals surface area contributed by atoms with E-state index in [1.807, 2.05) is 0 Å². The summed E-state index contributed by atoms with van der Waals surface area (Å²) in [5, 5.41) is 14.1. The Morgan fingerprint density at radius 3 is 2.45 bits per heavy atom. The Balaban J connectivity index is 1.69. The molecule has 1 saturated heterocycles. The van der Waals surface area contributed by atoms with Crippen LogP contribution in [-0.4, -0.2) is 36.6 Å². The van der Waals surface area contributed by atoms with Crippen molar-refractivity contribution in [3.05, 3.63) is 62.6 Å². The number of piperidine rings is 1. The van der Waals surface area contributed by atoms with Gasteiger partial charge in [-0.05, 0) is 37.1 Å². The van der Waals surface area contributed by atoms with E-state index >= 15 is 0 Å². The summed E-state index contributed by atoms with van der Waals surface area (Å²) in [6.07, 6.45) is 0.635. The van der Waals surface area contributed by atoms with Crippen molar-refractivity contribution in [3.63, 3.8) is 0 Å². The predicted octanol–water partition coefficient (Wildman–Crippen LogP) is 3.94. The van der Waals surface area contributed by atoms with E-state index in [0.717, 1.165) is 12.1 Å². The second kappa shape index (κ2) is 8.66. The van der Waals surface area contributed by atoms with Crippen molar-refractivity contribution < 1.29 is 18.1 Å². The van der Waals surface area contributed by atoms with Gasteiger partial charge in [0.15, 0.2) is 0 Å². The van der Waals surface area contributed by atoms with Crippen LogP contribution in [0.3, 0.4) is 0 Å². The highest BCUT2D eigenvalue weighted by atomic mass is 35.5. The van der Waals surface area contributed by atoms with Crippen molar-refractivity contribution in [2.24, 2.45) is 5.92 Å². The first-order valence-electron chi connectivity index (χ1n) is 8.69. The van der Waals surface area contributed by atoms with Crippen LogP contribution in [0.4, 0.5) is 11.4 Å². The third-order valence-corrected chi connectivity index (χ3v) is 7.28. The molecule has 1 N–H and O–H groups in total. The highest BCUT2D eigenvalue weighted by Crippen LogP contribution is 2.31. The van der Waals surface area contributed by atoms with Crippen molar-refractivity contribution in [1.82, 2.24) is 4.31 Å². The van der Waals surface area contributed by atoms with E-state index in [9.17, 15) is 23.3 Å². The Labute approximate surface area is 177 Å². The summed E-state index contributed by atoms with van der Waals surface area (Å²) in [6, 6.07) is 10.0. The Bertz CT molecular complexity index is 1050. The van der Waals surface area contributed by atoms with Gasteiger partial charge in [-0.15, -0.1) is 0 Å². The van der Waals surface area contributed by atoms with Gasteiger partial charge >= 0.3 is 0 Å². The summed E-state index contributed by atoms with van der Waals surface area (Å²) in [6.45, 7) is 0.212. The van der Waals surface area contributed by atoms with E-state index < -0.39 is 14.9 Å². The fraction of sp³-hybridized carbons (Fsp3) is 0.278. The number of amides is 1. The van der Waals surface area contributed by atoms with Gasteiger partial charge in [0.1, 0.15) is 4.90 Å². The van der Waals surface area contributed by atoms with Crippen LogP contribution >= 0.6 is 23.2 Å². The first-order valence-corrected chi connectivity index (χ1v) is 10.9. The highest BCUT2D eigenvalue weighted by Gasteiger charge is 2.34. The molecule has 0 bridgehead atoms. The molecule has 11 heteroatoms. The number of hydrogen-bond acceptors (Lipinski definition) is 5. The number of nitro groups is 1. The number of benzene rings is 2. The zero-order valence-electron chi connectivity index (χ0n) is 15.0. The zero-order valence-corrected chi connectivity index (χ0v) is 17.4. The number of anilines is 1. The summed E-state index contributed by atoms with van der Waals surface area (Å²) in [5.41, 5.74) is 0.213. The zero-order chi connectivity index (χ0) is 21.2. The summed E-state index contributed by atoms with van der Waals surface area (Å²) in [7, 11) is -4.01. The maximum atomic E-state index is 12.9. The summed E-state index contributed by atoms with van der Waals surface area (Å²) in [4.78, 5) is 22.4. The summed E-state index contributed by atoms with van der Waals surface area (Å²) >= 11 is 11.9. The molecule has 2 aromatic rings. The second-order valence-corrected chi connectivity index (χ2v) is 9.30. The molecule has 1 aliphatic heterocycles. The van der Waals surface area contributed by atoms with Crippen LogP contribution < -0.4 is 5.32 Å². The number of nitro benzene ring substituents is 1. The normalized spacial score (nSPS) is 15.8. The molecule has 1 amide bonds.